The minimum Gasteiger partial charge on any atom is -0.469 e. The third kappa shape index (κ3) is 4.95. The summed E-state index contributed by atoms with van der Waals surface area (Å²) in [6, 6.07) is 19.4. The minimum atomic E-state index is -0.314. The molecule has 0 saturated heterocycles. The van der Waals surface area contributed by atoms with E-state index >= 15 is 0 Å². The maximum Gasteiger partial charge on any atom is 0.309 e. The van der Waals surface area contributed by atoms with Gasteiger partial charge in [0.05, 0.1) is 35.0 Å². The fourth-order valence-corrected chi connectivity index (χ4v) is 4.07. The van der Waals surface area contributed by atoms with Crippen LogP contribution in [0.5, 0.6) is 0 Å². The molecule has 4 aromatic rings. The number of benzene rings is 2. The molecule has 0 bridgehead atoms. The molecule has 0 spiro atoms. The number of thiophene rings is 1. The number of imidazole rings is 1. The van der Waals surface area contributed by atoms with Gasteiger partial charge in [-0.2, -0.15) is 0 Å². The molecule has 1 amide bonds. The molecule has 6 nitrogen and oxygen atoms in total. The second-order valence-electron chi connectivity index (χ2n) is 7.19. The molecule has 0 fully saturated rings. The Hall–Kier alpha value is -3.71. The number of carbonyl (C=O) groups excluding carboxylic acids is 2. The molecule has 0 saturated carbocycles. The van der Waals surface area contributed by atoms with Crippen molar-refractivity contribution < 1.29 is 14.3 Å². The van der Waals surface area contributed by atoms with Gasteiger partial charge in [0.2, 0.25) is 0 Å². The van der Waals surface area contributed by atoms with Crippen molar-refractivity contribution >= 4 is 34.2 Å². The van der Waals surface area contributed by atoms with Crippen LogP contribution in [0.2, 0.25) is 0 Å². The smallest absolute Gasteiger partial charge is 0.309 e. The Kier molecular flexibility index (Phi) is 6.77. The number of hydrogen-bond acceptors (Lipinski definition) is 5. The first-order chi connectivity index (χ1) is 15.7. The number of aromatic nitrogens is 2. The lowest BCUT2D eigenvalue weighted by Crippen LogP contribution is -2.31. The Morgan fingerprint density at radius 1 is 1.06 bits per heavy atom. The number of methoxy groups -OCH3 is 1. The van der Waals surface area contributed by atoms with E-state index in [-0.39, 0.29) is 18.3 Å². The van der Waals surface area contributed by atoms with E-state index in [2.05, 4.69) is 14.7 Å². The van der Waals surface area contributed by atoms with Crippen molar-refractivity contribution in [1.29, 1.82) is 0 Å². The van der Waals surface area contributed by atoms with Crippen LogP contribution in [-0.4, -0.2) is 40.4 Å². The summed E-state index contributed by atoms with van der Waals surface area (Å²) in [5, 5.41) is 2.00. The van der Waals surface area contributed by atoms with Crippen molar-refractivity contribution in [2.24, 2.45) is 0 Å². The summed E-state index contributed by atoms with van der Waals surface area (Å²) in [5.41, 5.74) is 3.06. The lowest BCUT2D eigenvalue weighted by molar-refractivity contribution is -0.139. The lowest BCUT2D eigenvalue weighted by atomic mass is 10.1. The molecule has 0 unspecified atom stereocenters. The monoisotopic (exact) mass is 445 g/mol. The predicted molar refractivity (Wildman–Crippen MR) is 126 cm³/mol. The first-order valence-electron chi connectivity index (χ1n) is 10.2. The lowest BCUT2D eigenvalue weighted by Gasteiger charge is -2.22. The van der Waals surface area contributed by atoms with Gasteiger partial charge in [-0.05, 0) is 29.1 Å². The van der Waals surface area contributed by atoms with Gasteiger partial charge in [-0.15, -0.1) is 11.3 Å². The van der Waals surface area contributed by atoms with Crippen molar-refractivity contribution in [2.75, 3.05) is 13.7 Å². The van der Waals surface area contributed by atoms with Gasteiger partial charge in [-0.25, -0.2) is 4.98 Å². The van der Waals surface area contributed by atoms with Crippen LogP contribution in [0.3, 0.4) is 0 Å². The van der Waals surface area contributed by atoms with Gasteiger partial charge in [0, 0.05) is 13.1 Å². The average molecular weight is 446 g/mol. The number of para-hydroxylation sites is 1. The zero-order valence-electron chi connectivity index (χ0n) is 17.7. The van der Waals surface area contributed by atoms with Crippen LogP contribution in [0, 0.1) is 0 Å². The van der Waals surface area contributed by atoms with E-state index in [0.29, 0.717) is 18.7 Å². The Bertz CT molecular complexity index is 1230. The molecule has 162 valence electrons. The van der Waals surface area contributed by atoms with Crippen molar-refractivity contribution in [1.82, 2.24) is 14.9 Å². The van der Waals surface area contributed by atoms with E-state index in [1.54, 1.807) is 22.3 Å². The van der Waals surface area contributed by atoms with Crippen LogP contribution in [0.4, 0.5) is 0 Å². The summed E-state index contributed by atoms with van der Waals surface area (Å²) >= 11 is 1.60. The van der Waals surface area contributed by atoms with E-state index in [9.17, 15) is 9.59 Å². The number of H-pyrrole nitrogens is 1. The van der Waals surface area contributed by atoms with Crippen LogP contribution in [-0.2, 0) is 16.1 Å². The maximum atomic E-state index is 13.6. The first-order valence-corrected chi connectivity index (χ1v) is 11.1. The van der Waals surface area contributed by atoms with E-state index in [1.807, 2.05) is 72.1 Å². The highest BCUT2D eigenvalue weighted by molar-refractivity contribution is 7.13. The van der Waals surface area contributed by atoms with E-state index in [0.717, 1.165) is 27.3 Å². The number of amides is 1. The molecule has 4 rings (SSSR count). The number of fused-ring (bicyclic) bond motifs is 1. The number of aromatic amines is 1. The number of hydrogen-bond donors (Lipinski definition) is 1. The zero-order chi connectivity index (χ0) is 22.3. The fourth-order valence-electron chi connectivity index (χ4n) is 3.40. The van der Waals surface area contributed by atoms with Gasteiger partial charge in [0.15, 0.2) is 0 Å². The van der Waals surface area contributed by atoms with Crippen LogP contribution in [0.15, 0.2) is 78.2 Å². The van der Waals surface area contributed by atoms with Gasteiger partial charge in [0.25, 0.3) is 5.91 Å². The van der Waals surface area contributed by atoms with Crippen molar-refractivity contribution in [3.63, 3.8) is 0 Å². The topological polar surface area (TPSA) is 75.3 Å². The average Bonchev–Trinajstić information content (AvgIpc) is 3.50. The second-order valence-corrected chi connectivity index (χ2v) is 8.13. The third-order valence-corrected chi connectivity index (χ3v) is 5.89. The summed E-state index contributed by atoms with van der Waals surface area (Å²) in [6.45, 7) is 0.817. The van der Waals surface area contributed by atoms with Crippen LogP contribution in [0.1, 0.15) is 22.3 Å². The molecule has 32 heavy (non-hydrogen) atoms. The van der Waals surface area contributed by atoms with Crippen LogP contribution < -0.4 is 0 Å². The number of carbonyl (C=O) groups is 2. The molecule has 0 atom stereocenters. The standard InChI is InChI=1S/C25H23N3O3S/c1-31-22(29)14-5-6-15-28(17-18-9-3-2-4-10-18)25(30)19-11-7-12-20-23(19)27-24(26-20)21-13-8-16-32-21/h2-13,16H,14-15,17H2,1H3,(H,26,27)/b6-5+. The Labute approximate surface area is 190 Å². The molecule has 0 aliphatic carbocycles. The highest BCUT2D eigenvalue weighted by atomic mass is 32.1. The normalized spacial score (nSPS) is 11.2. The van der Waals surface area contributed by atoms with Gasteiger partial charge in [-0.3, -0.25) is 9.59 Å². The summed E-state index contributed by atoms with van der Waals surface area (Å²) in [6.07, 6.45) is 3.72. The third-order valence-electron chi connectivity index (χ3n) is 5.01. The van der Waals surface area contributed by atoms with Crippen molar-refractivity contribution in [3.05, 3.63) is 89.3 Å². The van der Waals surface area contributed by atoms with E-state index in [1.165, 1.54) is 7.11 Å². The summed E-state index contributed by atoms with van der Waals surface area (Å²) in [4.78, 5) is 35.7. The van der Waals surface area contributed by atoms with Gasteiger partial charge < -0.3 is 14.6 Å². The molecule has 2 aromatic heterocycles. The van der Waals surface area contributed by atoms with Gasteiger partial charge in [-0.1, -0.05) is 54.6 Å². The van der Waals surface area contributed by atoms with Crippen molar-refractivity contribution in [3.8, 4) is 10.7 Å². The minimum absolute atomic E-state index is 0.108. The molecular formula is C25H23N3O3S. The number of nitrogens with one attached hydrogen (secondary N) is 1. The Balaban J connectivity index is 1.63. The second kappa shape index (κ2) is 10.1. The largest absolute Gasteiger partial charge is 0.469 e. The maximum absolute atomic E-state index is 13.6. The van der Waals surface area contributed by atoms with Gasteiger partial charge in [0.1, 0.15) is 5.82 Å². The molecule has 2 aromatic carbocycles. The van der Waals surface area contributed by atoms with Crippen LogP contribution >= 0.6 is 11.3 Å². The highest BCUT2D eigenvalue weighted by Crippen LogP contribution is 2.27. The SMILES string of the molecule is COC(=O)C/C=C/CN(Cc1ccccc1)C(=O)c1cccc2nc(-c3cccs3)[nH]c12. The zero-order valence-corrected chi connectivity index (χ0v) is 18.5. The predicted octanol–water partition coefficient (Wildman–Crippen LogP) is 5.05. The summed E-state index contributed by atoms with van der Waals surface area (Å²) < 4.78 is 4.67. The highest BCUT2D eigenvalue weighted by Gasteiger charge is 2.20. The number of esters is 1. The molecular weight excluding hydrogens is 422 g/mol. The molecule has 0 aliphatic rings. The van der Waals surface area contributed by atoms with Crippen molar-refractivity contribution in [2.45, 2.75) is 13.0 Å². The Morgan fingerprint density at radius 3 is 2.66 bits per heavy atom. The Morgan fingerprint density at radius 2 is 1.91 bits per heavy atom. The van der Waals surface area contributed by atoms with Gasteiger partial charge >= 0.3 is 5.97 Å². The quantitative estimate of drug-likeness (QED) is 0.304. The molecule has 1 N–H and O–H groups in total. The molecule has 0 radical (unpaired) electrons. The summed E-state index contributed by atoms with van der Waals surface area (Å²) in [5.74, 6) is 0.330. The number of nitrogens with zero attached hydrogens (tertiary/aromatic N) is 2. The fraction of sp³-hybridized carbons (Fsp3) is 0.160. The molecule has 2 heterocycles. The van der Waals surface area contributed by atoms with E-state index in [4.69, 9.17) is 0 Å². The first kappa shape index (κ1) is 21.5. The molecule has 0 aliphatic heterocycles. The molecule has 7 heteroatoms. The summed E-state index contributed by atoms with van der Waals surface area (Å²) in [7, 11) is 1.36. The number of ether oxygens (including phenoxy) is 1. The van der Waals surface area contributed by atoms with Crippen LogP contribution in [0.25, 0.3) is 21.7 Å². The van der Waals surface area contributed by atoms with E-state index < -0.39 is 0 Å². The number of rotatable bonds is 8.